The van der Waals surface area contributed by atoms with Crippen molar-refractivity contribution in [2.45, 2.75) is 51.7 Å². The Balaban J connectivity index is 2.45. The molecule has 0 aromatic carbocycles. The SMILES string of the molecule is CCC(=O)C(C)N1CCC(C)(O)CC1. The summed E-state index contributed by atoms with van der Waals surface area (Å²) in [5.41, 5.74) is -0.522. The van der Waals surface area contributed by atoms with Crippen LogP contribution in [0.3, 0.4) is 0 Å². The number of carbonyl (C=O) groups excluding carboxylic acids is 1. The smallest absolute Gasteiger partial charge is 0.149 e. The fourth-order valence-corrected chi connectivity index (χ4v) is 1.89. The van der Waals surface area contributed by atoms with E-state index < -0.39 is 5.60 Å². The summed E-state index contributed by atoms with van der Waals surface area (Å²) in [5, 5.41) is 9.76. The third-order valence-electron chi connectivity index (χ3n) is 3.24. The summed E-state index contributed by atoms with van der Waals surface area (Å²) in [6, 6.07) is 0.0242. The van der Waals surface area contributed by atoms with Gasteiger partial charge >= 0.3 is 0 Å². The fourth-order valence-electron chi connectivity index (χ4n) is 1.89. The van der Waals surface area contributed by atoms with Gasteiger partial charge in [-0.25, -0.2) is 0 Å². The van der Waals surface area contributed by atoms with Crippen LogP contribution in [0.15, 0.2) is 0 Å². The van der Waals surface area contributed by atoms with E-state index in [9.17, 15) is 9.90 Å². The molecule has 1 N–H and O–H groups in total. The van der Waals surface area contributed by atoms with Crippen molar-refractivity contribution in [1.82, 2.24) is 4.90 Å². The molecule has 1 aliphatic rings. The zero-order chi connectivity index (χ0) is 10.8. The van der Waals surface area contributed by atoms with E-state index in [1.807, 2.05) is 20.8 Å². The Labute approximate surface area is 86.1 Å². The Bertz CT molecular complexity index is 203. The third-order valence-corrected chi connectivity index (χ3v) is 3.24. The molecule has 14 heavy (non-hydrogen) atoms. The Kier molecular flexibility index (Phi) is 3.67. The van der Waals surface area contributed by atoms with E-state index in [0.717, 1.165) is 25.9 Å². The van der Waals surface area contributed by atoms with Gasteiger partial charge in [-0.1, -0.05) is 6.92 Å². The summed E-state index contributed by atoms with van der Waals surface area (Å²) in [5.74, 6) is 0.298. The fraction of sp³-hybridized carbons (Fsp3) is 0.909. The molecule has 82 valence electrons. The van der Waals surface area contributed by atoms with Gasteiger partial charge in [0.05, 0.1) is 11.6 Å². The number of hydrogen-bond donors (Lipinski definition) is 1. The van der Waals surface area contributed by atoms with E-state index in [4.69, 9.17) is 0 Å². The number of piperidine rings is 1. The predicted molar refractivity (Wildman–Crippen MR) is 56.2 cm³/mol. The summed E-state index contributed by atoms with van der Waals surface area (Å²) in [7, 11) is 0. The van der Waals surface area contributed by atoms with Crippen LogP contribution in [0.25, 0.3) is 0 Å². The highest BCUT2D eigenvalue weighted by Crippen LogP contribution is 2.22. The van der Waals surface area contributed by atoms with Gasteiger partial charge in [-0.15, -0.1) is 0 Å². The van der Waals surface area contributed by atoms with E-state index in [2.05, 4.69) is 4.90 Å². The molecular weight excluding hydrogens is 178 g/mol. The molecule has 0 aromatic rings. The lowest BCUT2D eigenvalue weighted by Crippen LogP contribution is -2.48. The second-order valence-corrected chi connectivity index (χ2v) is 4.53. The van der Waals surface area contributed by atoms with Crippen molar-refractivity contribution in [2.75, 3.05) is 13.1 Å². The van der Waals surface area contributed by atoms with Crippen molar-refractivity contribution in [3.8, 4) is 0 Å². The highest BCUT2D eigenvalue weighted by atomic mass is 16.3. The van der Waals surface area contributed by atoms with Crippen LogP contribution in [0, 0.1) is 0 Å². The summed E-state index contributed by atoms with van der Waals surface area (Å²) < 4.78 is 0. The Morgan fingerprint density at radius 1 is 1.50 bits per heavy atom. The van der Waals surface area contributed by atoms with Crippen molar-refractivity contribution in [3.05, 3.63) is 0 Å². The summed E-state index contributed by atoms with van der Waals surface area (Å²) >= 11 is 0. The van der Waals surface area contributed by atoms with Crippen LogP contribution in [-0.4, -0.2) is 40.5 Å². The zero-order valence-electron chi connectivity index (χ0n) is 9.42. The highest BCUT2D eigenvalue weighted by molar-refractivity contribution is 5.83. The van der Waals surface area contributed by atoms with Gasteiger partial charge in [0.25, 0.3) is 0 Å². The molecule has 1 fully saturated rings. The molecule has 0 bridgehead atoms. The average molecular weight is 199 g/mol. The van der Waals surface area contributed by atoms with Gasteiger partial charge in [0, 0.05) is 19.5 Å². The van der Waals surface area contributed by atoms with Crippen LogP contribution in [0.5, 0.6) is 0 Å². The first kappa shape index (κ1) is 11.7. The van der Waals surface area contributed by atoms with E-state index in [1.165, 1.54) is 0 Å². The van der Waals surface area contributed by atoms with Crippen molar-refractivity contribution in [1.29, 1.82) is 0 Å². The molecule has 0 aromatic heterocycles. The molecule has 1 atom stereocenters. The molecule has 0 radical (unpaired) electrons. The molecule has 0 amide bonds. The topological polar surface area (TPSA) is 40.5 Å². The lowest BCUT2D eigenvalue weighted by atomic mass is 9.92. The molecule has 3 heteroatoms. The first-order valence-corrected chi connectivity index (χ1v) is 5.45. The molecule has 0 saturated carbocycles. The van der Waals surface area contributed by atoms with E-state index in [-0.39, 0.29) is 6.04 Å². The summed E-state index contributed by atoms with van der Waals surface area (Å²) in [6.45, 7) is 7.40. The normalized spacial score (nSPS) is 24.6. The van der Waals surface area contributed by atoms with Crippen molar-refractivity contribution < 1.29 is 9.90 Å². The Morgan fingerprint density at radius 2 is 2.00 bits per heavy atom. The van der Waals surface area contributed by atoms with Crippen LogP contribution >= 0.6 is 0 Å². The van der Waals surface area contributed by atoms with Gasteiger partial charge in [0.15, 0.2) is 0 Å². The minimum Gasteiger partial charge on any atom is -0.390 e. The van der Waals surface area contributed by atoms with Gasteiger partial charge < -0.3 is 5.11 Å². The van der Waals surface area contributed by atoms with Crippen LogP contribution < -0.4 is 0 Å². The average Bonchev–Trinajstić information content (AvgIpc) is 2.15. The summed E-state index contributed by atoms with van der Waals surface area (Å²) in [6.07, 6.45) is 2.15. The number of Topliss-reactive ketones (excluding diaryl/α,β-unsaturated/α-hetero) is 1. The summed E-state index contributed by atoms with van der Waals surface area (Å²) in [4.78, 5) is 13.6. The minimum absolute atomic E-state index is 0.0242. The van der Waals surface area contributed by atoms with Gasteiger partial charge in [0.1, 0.15) is 5.78 Å². The van der Waals surface area contributed by atoms with E-state index in [0.29, 0.717) is 12.2 Å². The molecule has 0 aliphatic carbocycles. The molecule has 1 heterocycles. The van der Waals surface area contributed by atoms with Gasteiger partial charge in [-0.2, -0.15) is 0 Å². The molecule has 0 spiro atoms. The van der Waals surface area contributed by atoms with Crippen molar-refractivity contribution in [2.24, 2.45) is 0 Å². The minimum atomic E-state index is -0.522. The number of rotatable bonds is 3. The third kappa shape index (κ3) is 2.79. The maximum atomic E-state index is 11.5. The van der Waals surface area contributed by atoms with Crippen LogP contribution in [0.2, 0.25) is 0 Å². The molecular formula is C11H21NO2. The van der Waals surface area contributed by atoms with Crippen LogP contribution in [-0.2, 0) is 4.79 Å². The zero-order valence-corrected chi connectivity index (χ0v) is 9.42. The van der Waals surface area contributed by atoms with Gasteiger partial charge in [-0.05, 0) is 26.7 Å². The first-order chi connectivity index (χ1) is 6.46. The van der Waals surface area contributed by atoms with Crippen LogP contribution in [0.1, 0.15) is 40.0 Å². The number of ketones is 1. The van der Waals surface area contributed by atoms with Crippen molar-refractivity contribution in [3.63, 3.8) is 0 Å². The maximum Gasteiger partial charge on any atom is 0.149 e. The first-order valence-electron chi connectivity index (χ1n) is 5.45. The lowest BCUT2D eigenvalue weighted by Gasteiger charge is -2.38. The van der Waals surface area contributed by atoms with Gasteiger partial charge in [-0.3, -0.25) is 9.69 Å². The molecule has 1 unspecified atom stereocenters. The standard InChI is InChI=1S/C11H21NO2/c1-4-10(13)9(2)12-7-5-11(3,14)6-8-12/h9,14H,4-8H2,1-3H3. The Morgan fingerprint density at radius 3 is 2.43 bits per heavy atom. The number of likely N-dealkylation sites (tertiary alicyclic amines) is 1. The van der Waals surface area contributed by atoms with Crippen molar-refractivity contribution >= 4 is 5.78 Å². The number of hydrogen-bond acceptors (Lipinski definition) is 3. The maximum absolute atomic E-state index is 11.5. The molecule has 3 nitrogen and oxygen atoms in total. The number of carbonyl (C=O) groups is 1. The van der Waals surface area contributed by atoms with Crippen LogP contribution in [0.4, 0.5) is 0 Å². The monoisotopic (exact) mass is 199 g/mol. The lowest BCUT2D eigenvalue weighted by molar-refractivity contribution is -0.125. The number of nitrogens with zero attached hydrogens (tertiary/aromatic N) is 1. The predicted octanol–water partition coefficient (Wildman–Crippen LogP) is 1.20. The van der Waals surface area contributed by atoms with E-state index in [1.54, 1.807) is 0 Å². The number of aliphatic hydroxyl groups is 1. The highest BCUT2D eigenvalue weighted by Gasteiger charge is 2.30. The van der Waals surface area contributed by atoms with E-state index >= 15 is 0 Å². The second kappa shape index (κ2) is 4.41. The molecule has 1 saturated heterocycles. The second-order valence-electron chi connectivity index (χ2n) is 4.53. The molecule has 1 rings (SSSR count). The molecule has 1 aliphatic heterocycles. The quantitative estimate of drug-likeness (QED) is 0.742. The Hall–Kier alpha value is -0.410. The largest absolute Gasteiger partial charge is 0.390 e. The van der Waals surface area contributed by atoms with Gasteiger partial charge in [0.2, 0.25) is 0 Å².